The van der Waals surface area contributed by atoms with Crippen LogP contribution in [0.5, 0.6) is 11.5 Å². The Hall–Kier alpha value is -4.94. The Bertz CT molecular complexity index is 1750. The van der Waals surface area contributed by atoms with Gasteiger partial charge in [0.15, 0.2) is 0 Å². The summed E-state index contributed by atoms with van der Waals surface area (Å²) in [4.78, 5) is 39.4. The van der Waals surface area contributed by atoms with Gasteiger partial charge in [-0.1, -0.05) is 29.8 Å². The van der Waals surface area contributed by atoms with Crippen molar-refractivity contribution in [3.63, 3.8) is 0 Å². The molecule has 3 N–H and O–H groups in total. The summed E-state index contributed by atoms with van der Waals surface area (Å²) in [5.41, 5.74) is 0.132. The Morgan fingerprint density at radius 3 is 2.24 bits per heavy atom. The fourth-order valence-corrected chi connectivity index (χ4v) is 4.86. The van der Waals surface area contributed by atoms with E-state index in [1.807, 2.05) is 0 Å². The van der Waals surface area contributed by atoms with Gasteiger partial charge in [0.25, 0.3) is 11.8 Å². The van der Waals surface area contributed by atoms with Gasteiger partial charge in [0.1, 0.15) is 17.2 Å². The van der Waals surface area contributed by atoms with Crippen LogP contribution in [0.4, 0.5) is 24.5 Å². The zero-order chi connectivity index (χ0) is 33.3. The van der Waals surface area contributed by atoms with Gasteiger partial charge < -0.3 is 25.4 Å². The number of carbonyl (C=O) groups is 3. The number of carbonyl (C=O) groups excluding carboxylic acids is 3. The predicted octanol–water partition coefficient (Wildman–Crippen LogP) is 7.52. The van der Waals surface area contributed by atoms with Crippen molar-refractivity contribution in [2.75, 3.05) is 30.6 Å². The standard InChI is InChI=1S/C33H27ClF3N3O5S/c1-44-24-12-8-21(29(18-24)45-2)16-28(40-31(42)20-6-4-3-5-7-20)32(43)38-23-10-13-25(14-11-23)46-19-30(41)39-27-17-22(33(35,36)37)9-15-26(27)34/h3-18H,19H2,1-2H3,(H,38,43)(H,39,41)(H,40,42)/b28-16-. The third-order valence-corrected chi connectivity index (χ3v) is 7.66. The summed E-state index contributed by atoms with van der Waals surface area (Å²) in [6.07, 6.45) is -3.10. The topological polar surface area (TPSA) is 106 Å². The number of amides is 3. The van der Waals surface area contributed by atoms with E-state index in [0.29, 0.717) is 33.2 Å². The molecule has 46 heavy (non-hydrogen) atoms. The first kappa shape index (κ1) is 33.9. The number of thioether (sulfide) groups is 1. The van der Waals surface area contributed by atoms with E-state index >= 15 is 0 Å². The van der Waals surface area contributed by atoms with Gasteiger partial charge in [-0.3, -0.25) is 14.4 Å². The molecule has 3 amide bonds. The van der Waals surface area contributed by atoms with E-state index in [1.54, 1.807) is 72.8 Å². The van der Waals surface area contributed by atoms with Gasteiger partial charge in [0.2, 0.25) is 5.91 Å². The van der Waals surface area contributed by atoms with Crippen molar-refractivity contribution in [3.05, 3.63) is 118 Å². The molecule has 0 radical (unpaired) electrons. The van der Waals surface area contributed by atoms with E-state index in [9.17, 15) is 27.6 Å². The lowest BCUT2D eigenvalue weighted by atomic mass is 10.1. The molecule has 0 fully saturated rings. The highest BCUT2D eigenvalue weighted by molar-refractivity contribution is 8.00. The summed E-state index contributed by atoms with van der Waals surface area (Å²) in [6, 6.07) is 22.6. The van der Waals surface area contributed by atoms with E-state index in [2.05, 4.69) is 16.0 Å². The number of benzene rings is 4. The molecule has 0 atom stereocenters. The number of hydrogen-bond donors (Lipinski definition) is 3. The van der Waals surface area contributed by atoms with E-state index in [4.69, 9.17) is 21.1 Å². The van der Waals surface area contributed by atoms with Crippen LogP contribution >= 0.6 is 23.4 Å². The van der Waals surface area contributed by atoms with Gasteiger partial charge in [-0.2, -0.15) is 13.2 Å². The Morgan fingerprint density at radius 1 is 0.870 bits per heavy atom. The van der Waals surface area contributed by atoms with Gasteiger partial charge in [0.05, 0.1) is 36.2 Å². The number of anilines is 2. The molecule has 238 valence electrons. The Morgan fingerprint density at radius 2 is 1.59 bits per heavy atom. The highest BCUT2D eigenvalue weighted by Gasteiger charge is 2.31. The molecule has 0 aliphatic rings. The summed E-state index contributed by atoms with van der Waals surface area (Å²) >= 11 is 7.09. The van der Waals surface area contributed by atoms with E-state index in [0.717, 1.165) is 30.0 Å². The maximum absolute atomic E-state index is 13.4. The average molecular weight is 670 g/mol. The zero-order valence-electron chi connectivity index (χ0n) is 24.4. The van der Waals surface area contributed by atoms with Crippen LogP contribution < -0.4 is 25.4 Å². The average Bonchev–Trinajstić information content (AvgIpc) is 3.05. The van der Waals surface area contributed by atoms with Gasteiger partial charge in [-0.25, -0.2) is 0 Å². The summed E-state index contributed by atoms with van der Waals surface area (Å²) in [5.74, 6) is -0.810. The molecule has 0 aliphatic heterocycles. The van der Waals surface area contributed by atoms with Crippen molar-refractivity contribution >= 4 is 58.5 Å². The molecule has 4 aromatic carbocycles. The lowest BCUT2D eigenvalue weighted by molar-refractivity contribution is -0.137. The molecule has 0 saturated carbocycles. The van der Waals surface area contributed by atoms with Crippen LogP contribution in [0.15, 0.2) is 102 Å². The highest BCUT2D eigenvalue weighted by Crippen LogP contribution is 2.34. The second-order valence-electron chi connectivity index (χ2n) is 9.49. The number of nitrogens with one attached hydrogen (secondary N) is 3. The molecule has 8 nitrogen and oxygen atoms in total. The number of rotatable bonds is 11. The largest absolute Gasteiger partial charge is 0.497 e. The van der Waals surface area contributed by atoms with Gasteiger partial charge in [-0.15, -0.1) is 11.8 Å². The Balaban J connectivity index is 1.45. The van der Waals surface area contributed by atoms with Gasteiger partial charge in [-0.05, 0) is 72.8 Å². The number of methoxy groups -OCH3 is 2. The van der Waals surface area contributed by atoms with Crippen LogP contribution in [-0.4, -0.2) is 37.7 Å². The maximum atomic E-state index is 13.4. The molecule has 4 aromatic rings. The van der Waals surface area contributed by atoms with Crippen molar-refractivity contribution < 1.29 is 37.0 Å². The van der Waals surface area contributed by atoms with Crippen molar-refractivity contribution in [2.24, 2.45) is 0 Å². The predicted molar refractivity (Wildman–Crippen MR) is 172 cm³/mol. The maximum Gasteiger partial charge on any atom is 0.416 e. The minimum absolute atomic E-state index is 0.0229. The van der Waals surface area contributed by atoms with E-state index < -0.39 is 29.5 Å². The second-order valence-corrected chi connectivity index (χ2v) is 10.9. The van der Waals surface area contributed by atoms with Gasteiger partial charge >= 0.3 is 6.18 Å². The monoisotopic (exact) mass is 669 g/mol. The fraction of sp³-hybridized carbons (Fsp3) is 0.121. The molecule has 13 heteroatoms. The fourth-order valence-electron chi connectivity index (χ4n) is 4.00. The molecule has 0 aromatic heterocycles. The van der Waals surface area contributed by atoms with E-state index in [1.165, 1.54) is 20.3 Å². The molecule has 0 unspecified atom stereocenters. The lowest BCUT2D eigenvalue weighted by Crippen LogP contribution is -2.30. The number of alkyl halides is 3. The Kier molecular flexibility index (Phi) is 11.3. The highest BCUT2D eigenvalue weighted by atomic mass is 35.5. The van der Waals surface area contributed by atoms with Crippen LogP contribution in [0.1, 0.15) is 21.5 Å². The van der Waals surface area contributed by atoms with Crippen molar-refractivity contribution in [2.45, 2.75) is 11.1 Å². The molecular formula is C33H27ClF3N3O5S. The normalized spacial score (nSPS) is 11.4. The van der Waals surface area contributed by atoms with Crippen LogP contribution in [0.2, 0.25) is 5.02 Å². The number of ether oxygens (including phenoxy) is 2. The summed E-state index contributed by atoms with van der Waals surface area (Å²) < 4.78 is 49.8. The molecule has 0 aliphatic carbocycles. The SMILES string of the molecule is COc1ccc(/C=C(\NC(=O)c2ccccc2)C(=O)Nc2ccc(SCC(=O)Nc3cc(C(F)(F)F)ccc3Cl)cc2)c(OC)c1. The quantitative estimate of drug-likeness (QED) is 0.113. The minimum atomic E-state index is -4.58. The van der Waals surface area contributed by atoms with Crippen LogP contribution in [-0.2, 0) is 15.8 Å². The second kappa shape index (κ2) is 15.4. The van der Waals surface area contributed by atoms with Crippen LogP contribution in [0.3, 0.4) is 0 Å². The molecule has 0 heterocycles. The minimum Gasteiger partial charge on any atom is -0.497 e. The number of halogens is 4. The van der Waals surface area contributed by atoms with Crippen molar-refractivity contribution in [1.29, 1.82) is 0 Å². The molecule has 4 rings (SSSR count). The molecule has 0 saturated heterocycles. The first-order chi connectivity index (χ1) is 22.0. The summed E-state index contributed by atoms with van der Waals surface area (Å²) in [5, 5.41) is 7.79. The first-order valence-corrected chi connectivity index (χ1v) is 14.8. The number of hydrogen-bond acceptors (Lipinski definition) is 6. The Labute approximate surface area is 271 Å². The molecule has 0 bridgehead atoms. The van der Waals surface area contributed by atoms with Crippen molar-refractivity contribution in [1.82, 2.24) is 5.32 Å². The molecule has 0 spiro atoms. The third kappa shape index (κ3) is 9.29. The molecular weight excluding hydrogens is 643 g/mol. The van der Waals surface area contributed by atoms with E-state index in [-0.39, 0.29) is 22.2 Å². The zero-order valence-corrected chi connectivity index (χ0v) is 26.0. The van der Waals surface area contributed by atoms with Gasteiger partial charge in [0, 0.05) is 27.8 Å². The summed E-state index contributed by atoms with van der Waals surface area (Å²) in [7, 11) is 2.98. The summed E-state index contributed by atoms with van der Waals surface area (Å²) in [6.45, 7) is 0. The smallest absolute Gasteiger partial charge is 0.416 e. The van der Waals surface area contributed by atoms with Crippen LogP contribution in [0, 0.1) is 0 Å². The van der Waals surface area contributed by atoms with Crippen molar-refractivity contribution in [3.8, 4) is 11.5 Å². The van der Waals surface area contributed by atoms with Crippen LogP contribution in [0.25, 0.3) is 6.08 Å². The third-order valence-electron chi connectivity index (χ3n) is 6.32. The first-order valence-electron chi connectivity index (χ1n) is 13.5. The lowest BCUT2D eigenvalue weighted by Gasteiger charge is -2.13.